The van der Waals surface area contributed by atoms with Crippen LogP contribution in [-0.2, 0) is 0 Å². The number of halogens is 4. The van der Waals surface area contributed by atoms with Gasteiger partial charge < -0.3 is 14.4 Å². The first-order valence-electron chi connectivity index (χ1n) is 9.64. The van der Waals surface area contributed by atoms with Gasteiger partial charge in [-0.3, -0.25) is 4.98 Å². The average molecular weight is 452 g/mol. The van der Waals surface area contributed by atoms with Gasteiger partial charge in [0.15, 0.2) is 0 Å². The van der Waals surface area contributed by atoms with Crippen molar-refractivity contribution in [3.8, 4) is 22.8 Å². The Morgan fingerprint density at radius 1 is 1.06 bits per heavy atom. The van der Waals surface area contributed by atoms with Crippen molar-refractivity contribution in [3.63, 3.8) is 0 Å². The Bertz CT molecular complexity index is 1130. The van der Waals surface area contributed by atoms with Crippen LogP contribution in [0, 0.1) is 19.8 Å². The number of nitrogens with zero attached hydrogens (tertiary/aromatic N) is 3. The lowest BCUT2D eigenvalue weighted by Crippen LogP contribution is -2.53. The predicted octanol–water partition coefficient (Wildman–Crippen LogP) is 5.58. The highest BCUT2D eigenvalue weighted by Gasteiger charge is 2.47. The van der Waals surface area contributed by atoms with E-state index >= 15 is 0 Å². The molecule has 5 nitrogen and oxygen atoms in total. The number of hydrogen-bond acceptors (Lipinski definition) is 5. The molecule has 1 aliphatic heterocycles. The number of rotatable bonds is 4. The number of ether oxygens (including phenoxy) is 2. The molecular formula is C22H21ClF3N3O2. The van der Waals surface area contributed by atoms with Crippen molar-refractivity contribution in [2.75, 3.05) is 32.2 Å². The van der Waals surface area contributed by atoms with E-state index in [2.05, 4.69) is 4.98 Å². The monoisotopic (exact) mass is 451 g/mol. The molecular weight excluding hydrogens is 431 g/mol. The zero-order chi connectivity index (χ0) is 22.5. The first kappa shape index (κ1) is 21.5. The SMILES string of the molecule is COc1cc(OC)c(Cl)c(-c2cc3cnc(C)cc3c(N3CC(C(F)(F)F)C3)n2)c1C. The van der Waals surface area contributed by atoms with E-state index in [1.54, 1.807) is 24.3 Å². The molecule has 2 aromatic heterocycles. The molecule has 0 bridgehead atoms. The molecule has 164 valence electrons. The van der Waals surface area contributed by atoms with E-state index in [-0.39, 0.29) is 13.1 Å². The first-order chi connectivity index (χ1) is 14.6. The summed E-state index contributed by atoms with van der Waals surface area (Å²) in [5, 5.41) is 1.87. The Kier molecular flexibility index (Phi) is 5.37. The van der Waals surface area contributed by atoms with Gasteiger partial charge >= 0.3 is 6.18 Å². The second-order valence-corrected chi connectivity index (χ2v) is 7.99. The fraction of sp³-hybridized carbons (Fsp3) is 0.364. The van der Waals surface area contributed by atoms with Crippen LogP contribution in [-0.4, -0.2) is 43.5 Å². The topological polar surface area (TPSA) is 47.5 Å². The molecule has 0 atom stereocenters. The molecule has 0 radical (unpaired) electrons. The van der Waals surface area contributed by atoms with Gasteiger partial charge in [-0.2, -0.15) is 13.2 Å². The lowest BCUT2D eigenvalue weighted by molar-refractivity contribution is -0.180. The molecule has 0 spiro atoms. The highest BCUT2D eigenvalue weighted by Crippen LogP contribution is 2.44. The number of hydrogen-bond donors (Lipinski definition) is 0. The Morgan fingerprint density at radius 2 is 1.74 bits per heavy atom. The second kappa shape index (κ2) is 7.75. The summed E-state index contributed by atoms with van der Waals surface area (Å²) >= 11 is 6.62. The van der Waals surface area contributed by atoms with Crippen LogP contribution in [0.2, 0.25) is 5.02 Å². The van der Waals surface area contributed by atoms with Gasteiger partial charge in [0.05, 0.1) is 30.9 Å². The Balaban J connectivity index is 1.91. The molecule has 0 aliphatic carbocycles. The highest BCUT2D eigenvalue weighted by molar-refractivity contribution is 6.35. The quantitative estimate of drug-likeness (QED) is 0.518. The summed E-state index contributed by atoms with van der Waals surface area (Å²) in [7, 11) is 3.05. The lowest BCUT2D eigenvalue weighted by atomic mass is 9.97. The molecule has 3 heterocycles. The van der Waals surface area contributed by atoms with Crippen LogP contribution < -0.4 is 14.4 Å². The Labute approximate surface area is 182 Å². The summed E-state index contributed by atoms with van der Waals surface area (Å²) in [4.78, 5) is 10.7. The van der Waals surface area contributed by atoms with E-state index in [0.29, 0.717) is 33.6 Å². The summed E-state index contributed by atoms with van der Waals surface area (Å²) in [5.74, 6) is 0.113. The number of methoxy groups -OCH3 is 2. The van der Waals surface area contributed by atoms with Gasteiger partial charge in [0.1, 0.15) is 17.3 Å². The smallest absolute Gasteiger partial charge is 0.395 e. The third kappa shape index (κ3) is 3.73. The average Bonchev–Trinajstić information content (AvgIpc) is 2.66. The maximum atomic E-state index is 13.1. The van der Waals surface area contributed by atoms with E-state index in [4.69, 9.17) is 26.1 Å². The van der Waals surface area contributed by atoms with Crippen molar-refractivity contribution in [1.29, 1.82) is 0 Å². The van der Waals surface area contributed by atoms with Crippen LogP contribution in [0.1, 0.15) is 11.3 Å². The summed E-state index contributed by atoms with van der Waals surface area (Å²) in [5.41, 5.74) is 2.63. The molecule has 1 saturated heterocycles. The van der Waals surface area contributed by atoms with E-state index in [0.717, 1.165) is 22.0 Å². The third-order valence-corrected chi connectivity index (χ3v) is 5.99. The second-order valence-electron chi connectivity index (χ2n) is 7.62. The van der Waals surface area contributed by atoms with Gasteiger partial charge in [-0.25, -0.2) is 4.98 Å². The Hall–Kier alpha value is -2.74. The van der Waals surface area contributed by atoms with Crippen molar-refractivity contribution in [1.82, 2.24) is 9.97 Å². The minimum atomic E-state index is -4.22. The fourth-order valence-electron chi connectivity index (χ4n) is 3.83. The van der Waals surface area contributed by atoms with Crippen molar-refractivity contribution >= 4 is 28.2 Å². The van der Waals surface area contributed by atoms with Crippen LogP contribution in [0.3, 0.4) is 0 Å². The number of anilines is 1. The number of pyridine rings is 2. The maximum Gasteiger partial charge on any atom is 0.395 e. The molecule has 31 heavy (non-hydrogen) atoms. The molecule has 0 saturated carbocycles. The van der Waals surface area contributed by atoms with Crippen LogP contribution >= 0.6 is 11.6 Å². The van der Waals surface area contributed by atoms with Crippen molar-refractivity contribution < 1.29 is 22.6 Å². The first-order valence-corrected chi connectivity index (χ1v) is 10.0. The number of aromatic nitrogens is 2. The molecule has 1 fully saturated rings. The van der Waals surface area contributed by atoms with Crippen LogP contribution in [0.4, 0.5) is 19.0 Å². The van der Waals surface area contributed by atoms with Crippen molar-refractivity contribution in [2.45, 2.75) is 20.0 Å². The molecule has 3 aromatic rings. The van der Waals surface area contributed by atoms with Gasteiger partial charge in [0.25, 0.3) is 0 Å². The largest absolute Gasteiger partial charge is 0.496 e. The van der Waals surface area contributed by atoms with Gasteiger partial charge in [0.2, 0.25) is 0 Å². The van der Waals surface area contributed by atoms with E-state index in [9.17, 15) is 13.2 Å². The third-order valence-electron chi connectivity index (χ3n) is 5.61. The number of aryl methyl sites for hydroxylation is 1. The van der Waals surface area contributed by atoms with E-state index in [1.165, 1.54) is 7.11 Å². The van der Waals surface area contributed by atoms with Gasteiger partial charge in [-0.05, 0) is 26.0 Å². The van der Waals surface area contributed by atoms with Gasteiger partial charge in [-0.15, -0.1) is 0 Å². The zero-order valence-corrected chi connectivity index (χ0v) is 18.2. The molecule has 1 aliphatic rings. The number of alkyl halides is 3. The van der Waals surface area contributed by atoms with Crippen LogP contribution in [0.15, 0.2) is 24.4 Å². The van der Waals surface area contributed by atoms with Gasteiger partial charge in [-0.1, -0.05) is 11.6 Å². The summed E-state index contributed by atoms with van der Waals surface area (Å²) in [6.45, 7) is 3.41. The molecule has 0 unspecified atom stereocenters. The summed E-state index contributed by atoms with van der Waals surface area (Å²) in [6, 6.07) is 5.36. The zero-order valence-electron chi connectivity index (χ0n) is 17.5. The Morgan fingerprint density at radius 3 is 2.35 bits per heavy atom. The molecule has 1 aromatic carbocycles. The lowest BCUT2D eigenvalue weighted by Gasteiger charge is -2.41. The standard InChI is InChI=1S/C22H21ClF3N3O2/c1-11-5-15-13(8-27-11)6-16(28-21(15)29-9-14(10-29)22(24,25)26)19-12(2)17(30-3)7-18(31-4)20(19)23/h5-8,14H,9-10H2,1-4H3. The van der Waals surface area contributed by atoms with E-state index < -0.39 is 12.1 Å². The maximum absolute atomic E-state index is 13.1. The summed E-state index contributed by atoms with van der Waals surface area (Å²) in [6.07, 6.45) is -2.53. The number of fused-ring (bicyclic) bond motifs is 1. The molecule has 0 amide bonds. The minimum absolute atomic E-state index is 0.134. The van der Waals surface area contributed by atoms with Gasteiger partial charge in [0, 0.05) is 52.9 Å². The normalized spacial score (nSPS) is 14.6. The predicted molar refractivity (Wildman–Crippen MR) is 114 cm³/mol. The van der Waals surface area contributed by atoms with E-state index in [1.807, 2.05) is 26.0 Å². The number of benzene rings is 1. The highest BCUT2D eigenvalue weighted by atomic mass is 35.5. The fourth-order valence-corrected chi connectivity index (χ4v) is 4.20. The molecule has 4 rings (SSSR count). The molecule has 0 N–H and O–H groups in total. The van der Waals surface area contributed by atoms with Crippen molar-refractivity contribution in [3.05, 3.63) is 40.7 Å². The van der Waals surface area contributed by atoms with Crippen LogP contribution in [0.5, 0.6) is 11.5 Å². The summed E-state index contributed by atoms with van der Waals surface area (Å²) < 4.78 is 50.1. The van der Waals surface area contributed by atoms with Crippen molar-refractivity contribution in [2.24, 2.45) is 5.92 Å². The molecule has 9 heteroatoms. The van der Waals surface area contributed by atoms with Crippen LogP contribution in [0.25, 0.3) is 22.0 Å². The minimum Gasteiger partial charge on any atom is -0.496 e.